The third-order valence-electron chi connectivity index (χ3n) is 3.84. The first-order valence-corrected chi connectivity index (χ1v) is 7.03. The fourth-order valence-corrected chi connectivity index (χ4v) is 2.38. The third kappa shape index (κ3) is 5.48. The normalized spacial score (nSPS) is 15.2. The molecule has 1 saturated heterocycles. The summed E-state index contributed by atoms with van der Waals surface area (Å²) in [7, 11) is 2.04. The van der Waals surface area contributed by atoms with Crippen LogP contribution < -0.4 is 0 Å². The van der Waals surface area contributed by atoms with Crippen LogP contribution in [0, 0.1) is 10.1 Å². The number of Topliss-reactive ketones (excluding diaryl/α,β-unsaturated/α-hetero) is 1. The molecule has 1 aliphatic rings. The molecule has 0 spiro atoms. The smallest absolute Gasteiger partial charge is 0.315 e. The molecule has 1 aromatic rings. The lowest BCUT2D eigenvalue weighted by Crippen LogP contribution is -2.45. The summed E-state index contributed by atoms with van der Waals surface area (Å²) in [6.07, 6.45) is 0.213. The fraction of sp³-hybridized carbons (Fsp3) is 0.500. The quantitative estimate of drug-likeness (QED) is 0.345. The van der Waals surface area contributed by atoms with Crippen molar-refractivity contribution in [1.29, 1.82) is 0 Å². The van der Waals surface area contributed by atoms with Crippen LogP contribution in [0.5, 0.6) is 11.5 Å². The van der Waals surface area contributed by atoms with Crippen molar-refractivity contribution in [1.82, 2.24) is 9.80 Å². The van der Waals surface area contributed by atoms with Crippen LogP contribution in [-0.4, -0.2) is 70.5 Å². The number of halogens is 2. The molecule has 10 heteroatoms. The van der Waals surface area contributed by atoms with E-state index in [1.807, 2.05) is 7.05 Å². The minimum atomic E-state index is -0.827. The molecule has 0 radical (unpaired) electrons. The maximum atomic E-state index is 12.1. The van der Waals surface area contributed by atoms with Crippen LogP contribution in [0.3, 0.4) is 0 Å². The monoisotopic (exact) mass is 381 g/mol. The standard InChI is InChI=1S/C14H19N3O5.2ClH/c1-15-4-6-16(7-5-15)3-2-12(18)10-8-11(17(21)22)14(20)13(19)9-10;;/h8-9,19-20H,2-7H2,1H3;2*1H. The van der Waals surface area contributed by atoms with Gasteiger partial charge in [0.1, 0.15) is 0 Å². The second kappa shape index (κ2) is 9.63. The van der Waals surface area contributed by atoms with Crippen molar-refractivity contribution in [2.75, 3.05) is 39.8 Å². The number of phenols is 2. The first kappa shape index (κ1) is 22.4. The van der Waals surface area contributed by atoms with Crippen LogP contribution in [0.4, 0.5) is 5.69 Å². The first-order chi connectivity index (χ1) is 10.4. The number of phenolic OH excluding ortho intramolecular Hbond substituents is 2. The Morgan fingerprint density at radius 3 is 2.33 bits per heavy atom. The summed E-state index contributed by atoms with van der Waals surface area (Å²) in [5.74, 6) is -1.77. The van der Waals surface area contributed by atoms with Gasteiger partial charge in [-0.2, -0.15) is 0 Å². The molecule has 0 bridgehead atoms. The maximum absolute atomic E-state index is 12.1. The van der Waals surface area contributed by atoms with Gasteiger partial charge in [-0.25, -0.2) is 0 Å². The average Bonchev–Trinajstić information content (AvgIpc) is 2.48. The Balaban J connectivity index is 0.00000264. The Kier molecular flexibility index (Phi) is 8.98. The van der Waals surface area contributed by atoms with Gasteiger partial charge >= 0.3 is 5.69 Å². The molecule has 0 saturated carbocycles. The molecule has 0 aromatic heterocycles. The molecule has 136 valence electrons. The molecular formula is C14H21Cl2N3O5. The maximum Gasteiger partial charge on any atom is 0.315 e. The zero-order chi connectivity index (χ0) is 16.3. The number of hydrogen-bond donors (Lipinski definition) is 2. The van der Waals surface area contributed by atoms with E-state index in [4.69, 9.17) is 0 Å². The zero-order valence-corrected chi connectivity index (χ0v) is 14.8. The van der Waals surface area contributed by atoms with Crippen LogP contribution in [-0.2, 0) is 0 Å². The highest BCUT2D eigenvalue weighted by Crippen LogP contribution is 2.36. The summed E-state index contributed by atoms with van der Waals surface area (Å²) in [6, 6.07) is 2.07. The third-order valence-corrected chi connectivity index (χ3v) is 3.84. The Bertz CT molecular complexity index is 592. The Hall–Kier alpha value is -1.61. The lowest BCUT2D eigenvalue weighted by atomic mass is 10.1. The minimum absolute atomic E-state index is 0. The van der Waals surface area contributed by atoms with Crippen molar-refractivity contribution in [2.45, 2.75) is 6.42 Å². The molecule has 1 aliphatic heterocycles. The van der Waals surface area contributed by atoms with Gasteiger partial charge in [0.25, 0.3) is 0 Å². The van der Waals surface area contributed by atoms with Crippen LogP contribution in [0.15, 0.2) is 12.1 Å². The van der Waals surface area contributed by atoms with Gasteiger partial charge in [-0.1, -0.05) is 0 Å². The van der Waals surface area contributed by atoms with Gasteiger partial charge in [0, 0.05) is 50.8 Å². The molecule has 24 heavy (non-hydrogen) atoms. The Labute approximate surface area is 152 Å². The number of aromatic hydroxyl groups is 2. The van der Waals surface area contributed by atoms with Crippen molar-refractivity contribution in [3.05, 3.63) is 27.8 Å². The summed E-state index contributed by atoms with van der Waals surface area (Å²) in [6.45, 7) is 4.22. The van der Waals surface area contributed by atoms with Crippen molar-refractivity contribution in [3.63, 3.8) is 0 Å². The molecule has 1 aromatic carbocycles. The van der Waals surface area contributed by atoms with Gasteiger partial charge < -0.3 is 20.0 Å². The summed E-state index contributed by atoms with van der Waals surface area (Å²) in [5, 5.41) is 29.7. The van der Waals surface area contributed by atoms with Gasteiger partial charge in [-0.15, -0.1) is 24.8 Å². The largest absolute Gasteiger partial charge is 0.504 e. The van der Waals surface area contributed by atoms with E-state index >= 15 is 0 Å². The summed E-state index contributed by atoms with van der Waals surface area (Å²) >= 11 is 0. The summed E-state index contributed by atoms with van der Waals surface area (Å²) in [5.41, 5.74) is -0.626. The predicted molar refractivity (Wildman–Crippen MR) is 93.8 cm³/mol. The predicted octanol–water partition coefficient (Wildman–Crippen LogP) is 1.67. The number of carbonyl (C=O) groups excluding carboxylic acids is 1. The fourth-order valence-electron chi connectivity index (χ4n) is 2.38. The molecule has 0 aliphatic carbocycles. The zero-order valence-electron chi connectivity index (χ0n) is 13.2. The number of carbonyl (C=O) groups is 1. The topological polar surface area (TPSA) is 107 Å². The van der Waals surface area contributed by atoms with E-state index in [-0.39, 0.29) is 42.6 Å². The number of nitro benzene ring substituents is 1. The number of likely N-dealkylation sites (N-methyl/N-ethyl adjacent to an activating group) is 1. The van der Waals surface area contributed by atoms with Gasteiger partial charge in [-0.3, -0.25) is 14.9 Å². The lowest BCUT2D eigenvalue weighted by Gasteiger charge is -2.32. The molecule has 0 atom stereocenters. The molecule has 1 fully saturated rings. The van der Waals surface area contributed by atoms with Crippen LogP contribution >= 0.6 is 24.8 Å². The number of ketones is 1. The van der Waals surface area contributed by atoms with Crippen molar-refractivity contribution < 1.29 is 19.9 Å². The van der Waals surface area contributed by atoms with E-state index in [1.165, 1.54) is 0 Å². The highest BCUT2D eigenvalue weighted by molar-refractivity contribution is 5.97. The molecule has 0 amide bonds. The van der Waals surface area contributed by atoms with Crippen LogP contribution in [0.25, 0.3) is 0 Å². The first-order valence-electron chi connectivity index (χ1n) is 7.03. The number of benzene rings is 1. The van der Waals surface area contributed by atoms with E-state index < -0.39 is 22.1 Å². The number of rotatable bonds is 5. The number of nitro groups is 1. The van der Waals surface area contributed by atoms with E-state index in [9.17, 15) is 25.1 Å². The van der Waals surface area contributed by atoms with Gasteiger partial charge in [0.15, 0.2) is 11.5 Å². The molecule has 0 unspecified atom stereocenters. The second-order valence-corrected chi connectivity index (χ2v) is 5.44. The highest BCUT2D eigenvalue weighted by atomic mass is 35.5. The summed E-state index contributed by atoms with van der Waals surface area (Å²) in [4.78, 5) is 26.5. The van der Waals surface area contributed by atoms with Crippen molar-refractivity contribution in [2.24, 2.45) is 0 Å². The SMILES string of the molecule is CN1CCN(CCC(=O)c2cc(O)c(O)c([N+](=O)[O-])c2)CC1.Cl.Cl. The number of piperazine rings is 1. The van der Waals surface area contributed by atoms with Crippen LogP contribution in [0.2, 0.25) is 0 Å². The molecular weight excluding hydrogens is 361 g/mol. The molecule has 2 rings (SSSR count). The van der Waals surface area contributed by atoms with Gasteiger partial charge in [-0.05, 0) is 13.1 Å². The van der Waals surface area contributed by atoms with E-state index in [0.717, 1.165) is 38.3 Å². The van der Waals surface area contributed by atoms with E-state index in [1.54, 1.807) is 0 Å². The highest BCUT2D eigenvalue weighted by Gasteiger charge is 2.22. The van der Waals surface area contributed by atoms with E-state index in [0.29, 0.717) is 6.54 Å². The average molecular weight is 382 g/mol. The Morgan fingerprint density at radius 1 is 1.21 bits per heavy atom. The van der Waals surface area contributed by atoms with Crippen molar-refractivity contribution >= 4 is 36.3 Å². The van der Waals surface area contributed by atoms with E-state index in [2.05, 4.69) is 9.80 Å². The lowest BCUT2D eigenvalue weighted by molar-refractivity contribution is -0.386. The number of nitrogens with zero attached hydrogens (tertiary/aromatic N) is 3. The second-order valence-electron chi connectivity index (χ2n) is 5.44. The Morgan fingerprint density at radius 2 is 1.79 bits per heavy atom. The van der Waals surface area contributed by atoms with Gasteiger partial charge in [0.2, 0.25) is 5.75 Å². The van der Waals surface area contributed by atoms with Crippen LogP contribution in [0.1, 0.15) is 16.8 Å². The molecule has 2 N–H and O–H groups in total. The van der Waals surface area contributed by atoms with Gasteiger partial charge in [0.05, 0.1) is 4.92 Å². The summed E-state index contributed by atoms with van der Waals surface area (Å²) < 4.78 is 0. The van der Waals surface area contributed by atoms with Crippen molar-refractivity contribution in [3.8, 4) is 11.5 Å². The molecule has 1 heterocycles. The molecule has 8 nitrogen and oxygen atoms in total. The minimum Gasteiger partial charge on any atom is -0.504 e. The number of hydrogen-bond acceptors (Lipinski definition) is 7.